The molecule has 0 fully saturated rings. The number of nitrogens with two attached hydrogens (primary N) is 1. The molecule has 1 unspecified atom stereocenters. The van der Waals surface area contributed by atoms with Crippen molar-refractivity contribution in [3.8, 4) is 11.5 Å². The van der Waals surface area contributed by atoms with Crippen LogP contribution in [0.25, 0.3) is 0 Å². The lowest BCUT2D eigenvalue weighted by atomic mass is 10.1. The zero-order chi connectivity index (χ0) is 12.1. The maximum absolute atomic E-state index is 9.13. The highest BCUT2D eigenvalue weighted by Gasteiger charge is 2.05. The van der Waals surface area contributed by atoms with E-state index in [4.69, 9.17) is 15.6 Å². The first-order valence-corrected chi connectivity index (χ1v) is 5.48. The van der Waals surface area contributed by atoms with Crippen LogP contribution in [0.3, 0.4) is 0 Å². The summed E-state index contributed by atoms with van der Waals surface area (Å²) in [6.07, 6.45) is 0. The molecule has 17 heavy (non-hydrogen) atoms. The summed E-state index contributed by atoms with van der Waals surface area (Å²) in [5.41, 5.74) is 7.05. The standard InChI is InChI=1S/C14H15NO2/c15-14(11-4-2-1-3-5-11)10-17-13-8-6-12(16)7-9-13/h1-9,14,16H,10,15H2. The molecule has 88 valence electrons. The molecule has 2 aromatic carbocycles. The van der Waals surface area contributed by atoms with Crippen molar-refractivity contribution in [2.45, 2.75) is 6.04 Å². The number of rotatable bonds is 4. The lowest BCUT2D eigenvalue weighted by Crippen LogP contribution is -2.18. The molecule has 0 radical (unpaired) electrons. The normalized spacial score (nSPS) is 12.1. The van der Waals surface area contributed by atoms with Crippen LogP contribution >= 0.6 is 0 Å². The van der Waals surface area contributed by atoms with Gasteiger partial charge in [0.25, 0.3) is 0 Å². The quantitative estimate of drug-likeness (QED) is 0.846. The average Bonchev–Trinajstić information content (AvgIpc) is 2.39. The van der Waals surface area contributed by atoms with E-state index in [0.717, 1.165) is 5.56 Å². The SMILES string of the molecule is NC(COc1ccc(O)cc1)c1ccccc1. The van der Waals surface area contributed by atoms with Crippen molar-refractivity contribution >= 4 is 0 Å². The smallest absolute Gasteiger partial charge is 0.119 e. The van der Waals surface area contributed by atoms with Gasteiger partial charge in [-0.15, -0.1) is 0 Å². The summed E-state index contributed by atoms with van der Waals surface area (Å²) in [6, 6.07) is 16.3. The summed E-state index contributed by atoms with van der Waals surface area (Å²) in [7, 11) is 0. The second-order valence-electron chi connectivity index (χ2n) is 3.82. The molecule has 0 aliphatic heterocycles. The largest absolute Gasteiger partial charge is 0.508 e. The third-order valence-corrected chi connectivity index (χ3v) is 2.49. The molecule has 2 rings (SSSR count). The molecule has 3 nitrogen and oxygen atoms in total. The molecule has 3 heteroatoms. The van der Waals surface area contributed by atoms with Crippen molar-refractivity contribution in [3.63, 3.8) is 0 Å². The molecule has 0 spiro atoms. The molecule has 0 aliphatic rings. The number of aromatic hydroxyl groups is 1. The molecule has 2 aromatic rings. The van der Waals surface area contributed by atoms with Crippen molar-refractivity contribution in [1.82, 2.24) is 0 Å². The first kappa shape index (κ1) is 11.5. The zero-order valence-corrected chi connectivity index (χ0v) is 9.41. The van der Waals surface area contributed by atoms with Gasteiger partial charge in [0.15, 0.2) is 0 Å². The third kappa shape index (κ3) is 3.23. The Morgan fingerprint density at radius 1 is 1.00 bits per heavy atom. The lowest BCUT2D eigenvalue weighted by Gasteiger charge is -2.13. The highest BCUT2D eigenvalue weighted by atomic mass is 16.5. The zero-order valence-electron chi connectivity index (χ0n) is 9.41. The van der Waals surface area contributed by atoms with E-state index in [0.29, 0.717) is 12.4 Å². The molecular weight excluding hydrogens is 214 g/mol. The number of hydrogen-bond acceptors (Lipinski definition) is 3. The molecular formula is C14H15NO2. The number of phenolic OH excluding ortho intramolecular Hbond substituents is 1. The minimum atomic E-state index is -0.148. The van der Waals surface area contributed by atoms with E-state index in [1.54, 1.807) is 24.3 Å². The van der Waals surface area contributed by atoms with E-state index in [1.807, 2.05) is 30.3 Å². The predicted octanol–water partition coefficient (Wildman–Crippen LogP) is 2.47. The Balaban J connectivity index is 1.92. The summed E-state index contributed by atoms with van der Waals surface area (Å²) < 4.78 is 5.54. The van der Waals surface area contributed by atoms with Gasteiger partial charge in [-0.3, -0.25) is 0 Å². The number of hydrogen-bond donors (Lipinski definition) is 2. The number of phenols is 1. The highest BCUT2D eigenvalue weighted by molar-refractivity contribution is 5.30. The molecule has 0 bridgehead atoms. The highest BCUT2D eigenvalue weighted by Crippen LogP contribution is 2.17. The van der Waals surface area contributed by atoms with Gasteiger partial charge in [0.1, 0.15) is 18.1 Å². The van der Waals surface area contributed by atoms with Crippen molar-refractivity contribution in [2.75, 3.05) is 6.61 Å². The molecule has 0 saturated carbocycles. The van der Waals surface area contributed by atoms with E-state index in [-0.39, 0.29) is 11.8 Å². The second kappa shape index (κ2) is 5.37. The molecule has 3 N–H and O–H groups in total. The Morgan fingerprint density at radius 3 is 2.29 bits per heavy atom. The van der Waals surface area contributed by atoms with Gasteiger partial charge >= 0.3 is 0 Å². The van der Waals surface area contributed by atoms with Gasteiger partial charge in [0.05, 0.1) is 6.04 Å². The van der Waals surface area contributed by atoms with Gasteiger partial charge in [-0.2, -0.15) is 0 Å². The Kier molecular flexibility index (Phi) is 3.62. The van der Waals surface area contributed by atoms with E-state index in [2.05, 4.69) is 0 Å². The monoisotopic (exact) mass is 229 g/mol. The van der Waals surface area contributed by atoms with Crippen molar-refractivity contribution in [1.29, 1.82) is 0 Å². The minimum Gasteiger partial charge on any atom is -0.508 e. The van der Waals surface area contributed by atoms with E-state index >= 15 is 0 Å². The van der Waals surface area contributed by atoms with Crippen LogP contribution in [0.2, 0.25) is 0 Å². The molecule has 0 heterocycles. The Labute approximate surface area is 100 Å². The molecule has 0 saturated heterocycles. The topological polar surface area (TPSA) is 55.5 Å². The molecule has 0 aliphatic carbocycles. The maximum atomic E-state index is 9.13. The van der Waals surface area contributed by atoms with Crippen LogP contribution in [-0.4, -0.2) is 11.7 Å². The molecule has 0 amide bonds. The Bertz CT molecular complexity index is 453. The van der Waals surface area contributed by atoms with Crippen LogP contribution in [0.4, 0.5) is 0 Å². The van der Waals surface area contributed by atoms with Gasteiger partial charge in [-0.25, -0.2) is 0 Å². The second-order valence-corrected chi connectivity index (χ2v) is 3.82. The van der Waals surface area contributed by atoms with Crippen molar-refractivity contribution < 1.29 is 9.84 Å². The first-order valence-electron chi connectivity index (χ1n) is 5.48. The number of benzene rings is 2. The van der Waals surface area contributed by atoms with Crippen LogP contribution in [0, 0.1) is 0 Å². The van der Waals surface area contributed by atoms with Gasteiger partial charge < -0.3 is 15.6 Å². The fraction of sp³-hybridized carbons (Fsp3) is 0.143. The first-order chi connectivity index (χ1) is 8.25. The summed E-state index contributed by atoms with van der Waals surface area (Å²) in [5.74, 6) is 0.930. The van der Waals surface area contributed by atoms with Crippen LogP contribution < -0.4 is 10.5 Å². The third-order valence-electron chi connectivity index (χ3n) is 2.49. The van der Waals surface area contributed by atoms with Crippen LogP contribution in [0.1, 0.15) is 11.6 Å². The summed E-state index contributed by atoms with van der Waals surface area (Å²) in [6.45, 7) is 0.411. The maximum Gasteiger partial charge on any atom is 0.119 e. The lowest BCUT2D eigenvalue weighted by molar-refractivity contribution is 0.290. The van der Waals surface area contributed by atoms with Crippen LogP contribution in [-0.2, 0) is 0 Å². The minimum absolute atomic E-state index is 0.148. The van der Waals surface area contributed by atoms with Gasteiger partial charge in [-0.05, 0) is 29.8 Å². The van der Waals surface area contributed by atoms with Crippen LogP contribution in [0.15, 0.2) is 54.6 Å². The summed E-state index contributed by atoms with van der Waals surface area (Å²) >= 11 is 0. The van der Waals surface area contributed by atoms with Gasteiger partial charge in [-0.1, -0.05) is 30.3 Å². The average molecular weight is 229 g/mol. The summed E-state index contributed by atoms with van der Waals surface area (Å²) in [4.78, 5) is 0. The van der Waals surface area contributed by atoms with E-state index < -0.39 is 0 Å². The predicted molar refractivity (Wildman–Crippen MR) is 67.0 cm³/mol. The number of ether oxygens (including phenoxy) is 1. The Morgan fingerprint density at radius 2 is 1.65 bits per heavy atom. The fourth-order valence-corrected chi connectivity index (χ4v) is 1.52. The van der Waals surface area contributed by atoms with Gasteiger partial charge in [0, 0.05) is 0 Å². The van der Waals surface area contributed by atoms with Gasteiger partial charge in [0.2, 0.25) is 0 Å². The van der Waals surface area contributed by atoms with E-state index in [1.165, 1.54) is 0 Å². The molecule has 0 aromatic heterocycles. The summed E-state index contributed by atoms with van der Waals surface area (Å²) in [5, 5.41) is 9.13. The Hall–Kier alpha value is -2.00. The fourth-order valence-electron chi connectivity index (χ4n) is 1.52. The van der Waals surface area contributed by atoms with Crippen LogP contribution in [0.5, 0.6) is 11.5 Å². The van der Waals surface area contributed by atoms with E-state index in [9.17, 15) is 0 Å². The van der Waals surface area contributed by atoms with Crippen molar-refractivity contribution in [3.05, 3.63) is 60.2 Å². The molecule has 1 atom stereocenters. The van der Waals surface area contributed by atoms with Crippen molar-refractivity contribution in [2.24, 2.45) is 5.73 Å².